The molecule has 96 valence electrons. The monoisotopic (exact) mass is 252 g/mol. The molecule has 2 nitrogen and oxygen atoms in total. The molecule has 0 saturated carbocycles. The summed E-state index contributed by atoms with van der Waals surface area (Å²) in [6.07, 6.45) is 1.72. The number of carbonyl (C=O) groups excluding carboxylic acids is 1. The lowest BCUT2D eigenvalue weighted by Crippen LogP contribution is -1.92. The van der Waals surface area contributed by atoms with Gasteiger partial charge in [0.15, 0.2) is 5.78 Å². The summed E-state index contributed by atoms with van der Waals surface area (Å²) in [5, 5.41) is 0. The highest BCUT2D eigenvalue weighted by atomic mass is 16.5. The molecule has 2 heteroatoms. The van der Waals surface area contributed by atoms with E-state index in [9.17, 15) is 4.79 Å². The van der Waals surface area contributed by atoms with Crippen molar-refractivity contribution in [3.63, 3.8) is 0 Å². The minimum Gasteiger partial charge on any atom is -0.490 e. The van der Waals surface area contributed by atoms with E-state index in [1.165, 1.54) is 0 Å². The van der Waals surface area contributed by atoms with Crippen LogP contribution < -0.4 is 4.74 Å². The van der Waals surface area contributed by atoms with Gasteiger partial charge in [0.05, 0.1) is 0 Å². The van der Waals surface area contributed by atoms with Gasteiger partial charge in [-0.2, -0.15) is 0 Å². The van der Waals surface area contributed by atoms with E-state index in [0.717, 1.165) is 22.4 Å². The molecule has 0 amide bonds. The van der Waals surface area contributed by atoms with E-state index in [0.29, 0.717) is 6.61 Å². The molecule has 19 heavy (non-hydrogen) atoms. The van der Waals surface area contributed by atoms with Gasteiger partial charge in [0.2, 0.25) is 0 Å². The van der Waals surface area contributed by atoms with Crippen molar-refractivity contribution in [1.82, 2.24) is 0 Å². The van der Waals surface area contributed by atoms with Gasteiger partial charge in [0, 0.05) is 5.56 Å². The minimum absolute atomic E-state index is 0.0831. The summed E-state index contributed by atoms with van der Waals surface area (Å²) in [5.41, 5.74) is 2.91. The van der Waals surface area contributed by atoms with E-state index in [1.807, 2.05) is 48.5 Å². The van der Waals surface area contributed by atoms with Crippen LogP contribution in [0.5, 0.6) is 5.75 Å². The molecule has 2 rings (SSSR count). The normalized spacial score (nSPS) is 9.95. The number of benzene rings is 2. The highest BCUT2D eigenvalue weighted by molar-refractivity contribution is 5.94. The predicted octanol–water partition coefficient (Wildman–Crippen LogP) is 4.12. The summed E-state index contributed by atoms with van der Waals surface area (Å²) in [4.78, 5) is 11.2. The largest absolute Gasteiger partial charge is 0.490 e. The molecule has 0 aliphatic heterocycles. The zero-order chi connectivity index (χ0) is 13.7. The van der Waals surface area contributed by atoms with Crippen molar-refractivity contribution in [2.45, 2.75) is 6.92 Å². The Kier molecular flexibility index (Phi) is 4.14. The van der Waals surface area contributed by atoms with Gasteiger partial charge in [0.1, 0.15) is 12.4 Å². The topological polar surface area (TPSA) is 26.3 Å². The van der Waals surface area contributed by atoms with Crippen LogP contribution in [0.1, 0.15) is 17.3 Å². The summed E-state index contributed by atoms with van der Waals surface area (Å²) in [7, 11) is 0. The maximum absolute atomic E-state index is 11.2. The van der Waals surface area contributed by atoms with Crippen LogP contribution in [0.4, 0.5) is 0 Å². The number of hydrogen-bond acceptors (Lipinski definition) is 2. The maximum Gasteiger partial charge on any atom is 0.159 e. The van der Waals surface area contributed by atoms with Crippen LogP contribution in [-0.2, 0) is 0 Å². The quantitative estimate of drug-likeness (QED) is 0.591. The van der Waals surface area contributed by atoms with Crippen molar-refractivity contribution >= 4 is 5.78 Å². The number of Topliss-reactive ketones (excluding diaryl/α,β-unsaturated/α-hetero) is 1. The lowest BCUT2D eigenvalue weighted by Gasteiger charge is -2.06. The lowest BCUT2D eigenvalue weighted by atomic mass is 10.0. The lowest BCUT2D eigenvalue weighted by molar-refractivity contribution is 0.101. The first kappa shape index (κ1) is 13.1. The molecule has 0 aliphatic carbocycles. The Hall–Kier alpha value is -2.35. The van der Waals surface area contributed by atoms with Gasteiger partial charge in [-0.05, 0) is 30.2 Å². The summed E-state index contributed by atoms with van der Waals surface area (Å²) < 4.78 is 5.43. The van der Waals surface area contributed by atoms with Gasteiger partial charge < -0.3 is 4.74 Å². The molecule has 0 fully saturated rings. The van der Waals surface area contributed by atoms with Crippen molar-refractivity contribution in [2.24, 2.45) is 0 Å². The van der Waals surface area contributed by atoms with Crippen LogP contribution in [0.2, 0.25) is 0 Å². The fourth-order valence-electron chi connectivity index (χ4n) is 1.80. The second-order valence-electron chi connectivity index (χ2n) is 4.26. The van der Waals surface area contributed by atoms with Crippen LogP contribution in [0, 0.1) is 0 Å². The maximum atomic E-state index is 11.2. The van der Waals surface area contributed by atoms with Crippen LogP contribution in [0.25, 0.3) is 11.1 Å². The van der Waals surface area contributed by atoms with Gasteiger partial charge in [-0.15, -0.1) is 0 Å². The van der Waals surface area contributed by atoms with E-state index in [-0.39, 0.29) is 5.78 Å². The highest BCUT2D eigenvalue weighted by Crippen LogP contribution is 2.23. The first-order chi connectivity index (χ1) is 9.20. The van der Waals surface area contributed by atoms with Gasteiger partial charge in [-0.1, -0.05) is 49.1 Å². The summed E-state index contributed by atoms with van der Waals surface area (Å²) in [6.45, 7) is 5.69. The van der Waals surface area contributed by atoms with Crippen molar-refractivity contribution in [3.8, 4) is 16.9 Å². The Morgan fingerprint density at radius 3 is 2.05 bits per heavy atom. The summed E-state index contributed by atoms with van der Waals surface area (Å²) in [5.74, 6) is 0.906. The Labute approximate surface area is 113 Å². The highest BCUT2D eigenvalue weighted by Gasteiger charge is 2.01. The molecule has 0 atom stereocenters. The smallest absolute Gasteiger partial charge is 0.159 e. The molecule has 0 aliphatic rings. The SMILES string of the molecule is C=CCOc1ccc(-c2ccc(C(C)=O)cc2)cc1. The van der Waals surface area contributed by atoms with Gasteiger partial charge >= 0.3 is 0 Å². The van der Waals surface area contributed by atoms with Crippen molar-refractivity contribution < 1.29 is 9.53 Å². The standard InChI is InChI=1S/C17H16O2/c1-3-12-19-17-10-8-16(9-11-17)15-6-4-14(5-7-15)13(2)18/h3-11H,1,12H2,2H3. The molecule has 0 unspecified atom stereocenters. The third kappa shape index (κ3) is 3.32. The molecule has 0 bridgehead atoms. The van der Waals surface area contributed by atoms with E-state index in [2.05, 4.69) is 6.58 Å². The Bertz CT molecular complexity index is 565. The summed E-state index contributed by atoms with van der Waals surface area (Å²) >= 11 is 0. The molecule has 0 N–H and O–H groups in total. The average molecular weight is 252 g/mol. The zero-order valence-corrected chi connectivity index (χ0v) is 10.9. The second kappa shape index (κ2) is 6.01. The number of rotatable bonds is 5. The van der Waals surface area contributed by atoms with Crippen LogP contribution in [-0.4, -0.2) is 12.4 Å². The fourth-order valence-corrected chi connectivity index (χ4v) is 1.80. The first-order valence-corrected chi connectivity index (χ1v) is 6.16. The average Bonchev–Trinajstić information content (AvgIpc) is 2.46. The van der Waals surface area contributed by atoms with Gasteiger partial charge in [-0.25, -0.2) is 0 Å². The van der Waals surface area contributed by atoms with E-state index < -0.39 is 0 Å². The number of hydrogen-bond donors (Lipinski definition) is 0. The van der Waals surface area contributed by atoms with Gasteiger partial charge in [-0.3, -0.25) is 4.79 Å². The molecule has 0 saturated heterocycles. The predicted molar refractivity (Wildman–Crippen MR) is 77.6 cm³/mol. The van der Waals surface area contributed by atoms with E-state index >= 15 is 0 Å². The van der Waals surface area contributed by atoms with E-state index in [4.69, 9.17) is 4.74 Å². The van der Waals surface area contributed by atoms with Crippen molar-refractivity contribution in [1.29, 1.82) is 0 Å². The Balaban J connectivity index is 2.17. The molecule has 0 heterocycles. The molecular formula is C17H16O2. The Morgan fingerprint density at radius 2 is 1.58 bits per heavy atom. The molecule has 0 aromatic heterocycles. The van der Waals surface area contributed by atoms with E-state index in [1.54, 1.807) is 13.0 Å². The van der Waals surface area contributed by atoms with Crippen LogP contribution in [0.3, 0.4) is 0 Å². The molecule has 2 aromatic rings. The molecule has 2 aromatic carbocycles. The minimum atomic E-state index is 0.0831. The molecule has 0 radical (unpaired) electrons. The molecule has 0 spiro atoms. The number of ketones is 1. The second-order valence-corrected chi connectivity index (χ2v) is 4.26. The van der Waals surface area contributed by atoms with Crippen molar-refractivity contribution in [3.05, 3.63) is 66.7 Å². The van der Waals surface area contributed by atoms with Crippen molar-refractivity contribution in [2.75, 3.05) is 6.61 Å². The fraction of sp³-hybridized carbons (Fsp3) is 0.118. The third-order valence-corrected chi connectivity index (χ3v) is 2.85. The van der Waals surface area contributed by atoms with Gasteiger partial charge in [0.25, 0.3) is 0 Å². The number of carbonyl (C=O) groups is 1. The number of ether oxygens (including phenoxy) is 1. The Morgan fingerprint density at radius 1 is 1.05 bits per heavy atom. The summed E-state index contributed by atoms with van der Waals surface area (Å²) in [6, 6.07) is 15.5. The third-order valence-electron chi connectivity index (χ3n) is 2.85. The van der Waals surface area contributed by atoms with Crippen LogP contribution in [0.15, 0.2) is 61.2 Å². The van der Waals surface area contributed by atoms with Crippen LogP contribution >= 0.6 is 0 Å². The molecular weight excluding hydrogens is 236 g/mol. The zero-order valence-electron chi connectivity index (χ0n) is 10.9. The first-order valence-electron chi connectivity index (χ1n) is 6.16.